The fourth-order valence-corrected chi connectivity index (χ4v) is 3.86. The van der Waals surface area contributed by atoms with E-state index in [4.69, 9.17) is 9.26 Å². The van der Waals surface area contributed by atoms with E-state index in [0.717, 1.165) is 48.5 Å². The lowest BCUT2D eigenvalue weighted by molar-refractivity contribution is -0.138. The molecule has 1 fully saturated rings. The van der Waals surface area contributed by atoms with Gasteiger partial charge in [0, 0.05) is 13.1 Å². The minimum atomic E-state index is -0.446. The third-order valence-electron chi connectivity index (χ3n) is 5.18. The number of carbonyl (C=O) groups is 1. The number of aryl methyl sites for hydroxylation is 1. The van der Waals surface area contributed by atoms with Crippen LogP contribution in [0.2, 0.25) is 0 Å². The highest BCUT2D eigenvalue weighted by Crippen LogP contribution is 2.41. The van der Waals surface area contributed by atoms with Gasteiger partial charge in [0.1, 0.15) is 17.2 Å². The van der Waals surface area contributed by atoms with Crippen LogP contribution in [0.25, 0.3) is 0 Å². The SMILES string of the molecule is COc1ccc(C2(C(=O)N(C)Cc3cc(C)on3)CCCCC2)cc1. The Kier molecular flexibility index (Phi) is 5.11. The number of amides is 1. The number of rotatable bonds is 5. The maximum absolute atomic E-state index is 13.4. The zero-order valence-electron chi connectivity index (χ0n) is 15.2. The van der Waals surface area contributed by atoms with Gasteiger partial charge in [-0.15, -0.1) is 0 Å². The average Bonchev–Trinajstić information content (AvgIpc) is 3.06. The van der Waals surface area contributed by atoms with Crippen LogP contribution in [-0.4, -0.2) is 30.1 Å². The van der Waals surface area contributed by atoms with Gasteiger partial charge in [-0.2, -0.15) is 0 Å². The van der Waals surface area contributed by atoms with E-state index in [2.05, 4.69) is 5.16 Å². The molecule has 25 heavy (non-hydrogen) atoms. The van der Waals surface area contributed by atoms with Crippen molar-refractivity contribution in [2.45, 2.75) is 51.0 Å². The molecule has 0 bridgehead atoms. The van der Waals surface area contributed by atoms with Crippen LogP contribution >= 0.6 is 0 Å². The summed E-state index contributed by atoms with van der Waals surface area (Å²) in [6.07, 6.45) is 5.13. The second-order valence-corrected chi connectivity index (χ2v) is 6.96. The number of benzene rings is 1. The summed E-state index contributed by atoms with van der Waals surface area (Å²) in [5.74, 6) is 1.74. The number of methoxy groups -OCH3 is 1. The van der Waals surface area contributed by atoms with Crippen LogP contribution < -0.4 is 4.74 Å². The Morgan fingerprint density at radius 3 is 2.48 bits per heavy atom. The van der Waals surface area contributed by atoms with Crippen LogP contribution in [-0.2, 0) is 16.8 Å². The molecule has 5 heteroatoms. The van der Waals surface area contributed by atoms with Crippen LogP contribution in [0.1, 0.15) is 49.1 Å². The minimum absolute atomic E-state index is 0.165. The molecule has 2 aromatic rings. The number of hydrogen-bond acceptors (Lipinski definition) is 4. The molecular formula is C20H26N2O3. The van der Waals surface area contributed by atoms with E-state index in [0.29, 0.717) is 6.54 Å². The Bertz CT molecular complexity index is 715. The summed E-state index contributed by atoms with van der Waals surface area (Å²) in [5.41, 5.74) is 1.42. The summed E-state index contributed by atoms with van der Waals surface area (Å²) in [5, 5.41) is 4.02. The lowest BCUT2D eigenvalue weighted by Crippen LogP contribution is -2.46. The molecule has 0 saturated heterocycles. The van der Waals surface area contributed by atoms with Gasteiger partial charge in [-0.25, -0.2) is 0 Å². The van der Waals surface area contributed by atoms with E-state index in [1.807, 2.05) is 44.3 Å². The lowest BCUT2D eigenvalue weighted by Gasteiger charge is -2.39. The molecule has 0 radical (unpaired) electrons. The van der Waals surface area contributed by atoms with Gasteiger partial charge in [0.15, 0.2) is 0 Å². The highest BCUT2D eigenvalue weighted by atomic mass is 16.5. The normalized spacial score (nSPS) is 16.4. The first-order valence-corrected chi connectivity index (χ1v) is 8.87. The molecule has 1 heterocycles. The Morgan fingerprint density at radius 2 is 1.92 bits per heavy atom. The van der Waals surface area contributed by atoms with Gasteiger partial charge in [0.2, 0.25) is 5.91 Å². The van der Waals surface area contributed by atoms with Crippen LogP contribution in [0.4, 0.5) is 0 Å². The van der Waals surface area contributed by atoms with Gasteiger partial charge in [0.25, 0.3) is 0 Å². The number of likely N-dealkylation sites (N-methyl/N-ethyl adjacent to an activating group) is 1. The fraction of sp³-hybridized carbons (Fsp3) is 0.500. The summed E-state index contributed by atoms with van der Waals surface area (Å²) in [6.45, 7) is 2.33. The predicted octanol–water partition coefficient (Wildman–Crippen LogP) is 3.85. The maximum Gasteiger partial charge on any atom is 0.233 e. The Balaban J connectivity index is 1.86. The Hall–Kier alpha value is -2.30. The maximum atomic E-state index is 13.4. The summed E-state index contributed by atoms with van der Waals surface area (Å²) in [4.78, 5) is 15.2. The molecule has 134 valence electrons. The molecule has 1 saturated carbocycles. The smallest absolute Gasteiger partial charge is 0.233 e. The molecular weight excluding hydrogens is 316 g/mol. The van der Waals surface area contributed by atoms with Crippen molar-refractivity contribution in [3.63, 3.8) is 0 Å². The van der Waals surface area contributed by atoms with E-state index in [1.54, 1.807) is 12.0 Å². The van der Waals surface area contributed by atoms with Crippen molar-refractivity contribution >= 4 is 5.91 Å². The summed E-state index contributed by atoms with van der Waals surface area (Å²) in [6, 6.07) is 9.84. The molecule has 3 rings (SSSR count). The monoisotopic (exact) mass is 342 g/mol. The van der Waals surface area contributed by atoms with E-state index in [-0.39, 0.29) is 5.91 Å². The van der Waals surface area contributed by atoms with Crippen LogP contribution in [0.5, 0.6) is 5.75 Å². The Labute approximate surface area is 148 Å². The number of nitrogens with zero attached hydrogens (tertiary/aromatic N) is 2. The number of carbonyl (C=O) groups excluding carboxylic acids is 1. The number of hydrogen-bond donors (Lipinski definition) is 0. The van der Waals surface area contributed by atoms with Gasteiger partial charge >= 0.3 is 0 Å². The second kappa shape index (κ2) is 7.30. The summed E-state index contributed by atoms with van der Waals surface area (Å²) in [7, 11) is 3.51. The van der Waals surface area contributed by atoms with E-state index in [9.17, 15) is 4.79 Å². The molecule has 1 aromatic carbocycles. The first-order valence-electron chi connectivity index (χ1n) is 8.87. The number of ether oxygens (including phenoxy) is 1. The van der Waals surface area contributed by atoms with Gasteiger partial charge < -0.3 is 14.2 Å². The summed E-state index contributed by atoms with van der Waals surface area (Å²) < 4.78 is 10.4. The largest absolute Gasteiger partial charge is 0.497 e. The van der Waals surface area contributed by atoms with E-state index >= 15 is 0 Å². The van der Waals surface area contributed by atoms with E-state index in [1.165, 1.54) is 6.42 Å². The number of aromatic nitrogens is 1. The molecule has 1 aliphatic rings. The highest BCUT2D eigenvalue weighted by Gasteiger charge is 2.42. The van der Waals surface area contributed by atoms with Crippen molar-refractivity contribution < 1.29 is 14.1 Å². The standard InChI is InChI=1S/C20H26N2O3/c1-15-13-17(21-25-15)14-22(2)19(23)20(11-5-4-6-12-20)16-7-9-18(24-3)10-8-16/h7-10,13H,4-6,11-12,14H2,1-3H3. The summed E-state index contributed by atoms with van der Waals surface area (Å²) >= 11 is 0. The molecule has 0 spiro atoms. The van der Waals surface area contributed by atoms with Crippen LogP contribution in [0, 0.1) is 6.92 Å². The van der Waals surface area contributed by atoms with Crippen molar-refractivity contribution in [1.82, 2.24) is 10.1 Å². The molecule has 1 aromatic heterocycles. The molecule has 0 N–H and O–H groups in total. The van der Waals surface area contributed by atoms with E-state index < -0.39 is 5.41 Å². The van der Waals surface area contributed by atoms with Gasteiger partial charge in [-0.05, 0) is 37.5 Å². The first kappa shape index (κ1) is 17.5. The topological polar surface area (TPSA) is 55.6 Å². The van der Waals surface area contributed by atoms with Gasteiger partial charge in [-0.1, -0.05) is 36.6 Å². The quantitative estimate of drug-likeness (QED) is 0.828. The van der Waals surface area contributed by atoms with Gasteiger partial charge in [0.05, 0.1) is 19.1 Å². The predicted molar refractivity (Wildman–Crippen MR) is 95.5 cm³/mol. The van der Waals surface area contributed by atoms with Crippen molar-refractivity contribution in [2.75, 3.05) is 14.2 Å². The second-order valence-electron chi connectivity index (χ2n) is 6.96. The Morgan fingerprint density at radius 1 is 1.24 bits per heavy atom. The zero-order chi connectivity index (χ0) is 17.9. The van der Waals surface area contributed by atoms with Crippen molar-refractivity contribution in [1.29, 1.82) is 0 Å². The van der Waals surface area contributed by atoms with Crippen LogP contribution in [0.15, 0.2) is 34.9 Å². The molecule has 5 nitrogen and oxygen atoms in total. The van der Waals surface area contributed by atoms with Crippen molar-refractivity contribution in [3.8, 4) is 5.75 Å². The average molecular weight is 342 g/mol. The zero-order valence-corrected chi connectivity index (χ0v) is 15.2. The molecule has 1 aliphatic carbocycles. The molecule has 1 amide bonds. The van der Waals surface area contributed by atoms with Crippen molar-refractivity contribution in [3.05, 3.63) is 47.3 Å². The first-order chi connectivity index (χ1) is 12.0. The van der Waals surface area contributed by atoms with Gasteiger partial charge in [-0.3, -0.25) is 4.79 Å². The lowest BCUT2D eigenvalue weighted by atomic mass is 9.68. The molecule has 0 atom stereocenters. The fourth-order valence-electron chi connectivity index (χ4n) is 3.86. The third kappa shape index (κ3) is 3.55. The van der Waals surface area contributed by atoms with Crippen LogP contribution in [0.3, 0.4) is 0 Å². The molecule has 0 unspecified atom stereocenters. The highest BCUT2D eigenvalue weighted by molar-refractivity contribution is 5.88. The minimum Gasteiger partial charge on any atom is -0.497 e. The molecule has 0 aliphatic heterocycles. The third-order valence-corrected chi connectivity index (χ3v) is 5.18. The van der Waals surface area contributed by atoms with Crippen molar-refractivity contribution in [2.24, 2.45) is 0 Å².